The Morgan fingerprint density at radius 1 is 1.05 bits per heavy atom. The van der Waals surface area contributed by atoms with Crippen molar-refractivity contribution in [2.75, 3.05) is 12.0 Å². The molecule has 2 aromatic carbocycles. The van der Waals surface area contributed by atoms with Gasteiger partial charge < -0.3 is 5.73 Å². The lowest BCUT2D eigenvalue weighted by Crippen LogP contribution is -1.96. The Morgan fingerprint density at radius 2 is 1.70 bits per heavy atom. The van der Waals surface area contributed by atoms with Gasteiger partial charge in [-0.25, -0.2) is 8.42 Å². The average Bonchev–Trinajstić information content (AvgIpc) is 2.79. The Hall–Kier alpha value is -2.34. The van der Waals surface area contributed by atoms with Crippen LogP contribution in [0.5, 0.6) is 0 Å². The van der Waals surface area contributed by atoms with E-state index in [-0.39, 0.29) is 0 Å². The highest BCUT2D eigenvalue weighted by Crippen LogP contribution is 2.27. The minimum atomic E-state index is -3.17. The van der Waals surface area contributed by atoms with E-state index in [0.717, 1.165) is 22.0 Å². The summed E-state index contributed by atoms with van der Waals surface area (Å²) in [5.74, 6) is 0.453. The summed E-state index contributed by atoms with van der Waals surface area (Å²) >= 11 is 0. The topological polar surface area (TPSA) is 88.8 Å². The van der Waals surface area contributed by atoms with Crippen molar-refractivity contribution in [1.29, 1.82) is 0 Å². The van der Waals surface area contributed by atoms with Gasteiger partial charge in [-0.1, -0.05) is 18.2 Å². The largest absolute Gasteiger partial charge is 0.382 e. The molecule has 1 aromatic heterocycles. The number of sulfone groups is 1. The number of hydrogen-bond donors (Lipinski definition) is 2. The molecule has 6 heteroatoms. The number of anilines is 1. The van der Waals surface area contributed by atoms with Crippen LogP contribution in [0.1, 0.15) is 0 Å². The summed E-state index contributed by atoms with van der Waals surface area (Å²) in [6.07, 6.45) is 1.19. The van der Waals surface area contributed by atoms with E-state index in [1.54, 1.807) is 24.3 Å². The van der Waals surface area contributed by atoms with Gasteiger partial charge in [0.2, 0.25) is 0 Å². The van der Waals surface area contributed by atoms with Crippen molar-refractivity contribution in [3.63, 3.8) is 0 Å². The third kappa shape index (κ3) is 2.14. The number of fused-ring (bicyclic) bond motifs is 1. The molecule has 0 atom stereocenters. The first-order valence-corrected chi connectivity index (χ1v) is 7.88. The Kier molecular flexibility index (Phi) is 2.76. The van der Waals surface area contributed by atoms with E-state index in [4.69, 9.17) is 5.73 Å². The predicted octanol–water partition coefficient (Wildman–Crippen LogP) is 2.22. The van der Waals surface area contributed by atoms with Crippen LogP contribution < -0.4 is 5.73 Å². The van der Waals surface area contributed by atoms with Crippen LogP contribution in [0.15, 0.2) is 47.4 Å². The van der Waals surface area contributed by atoms with E-state index >= 15 is 0 Å². The molecule has 0 bridgehead atoms. The standard InChI is InChI=1S/C14H13N3O2S/c1-20(18,19)11-5-2-9(3-6-11)10-4-7-13-12(8-10)14(15)17-16-13/h2-8H,1H3,(H3,15,16,17). The molecule has 0 spiro atoms. The molecule has 0 radical (unpaired) electrons. The fourth-order valence-electron chi connectivity index (χ4n) is 2.11. The quantitative estimate of drug-likeness (QED) is 0.756. The van der Waals surface area contributed by atoms with Crippen molar-refractivity contribution < 1.29 is 8.42 Å². The maximum Gasteiger partial charge on any atom is 0.175 e. The van der Waals surface area contributed by atoms with Crippen molar-refractivity contribution in [3.8, 4) is 11.1 Å². The number of nitrogens with one attached hydrogen (secondary N) is 1. The number of nitrogens with zero attached hydrogens (tertiary/aromatic N) is 1. The molecule has 3 aromatic rings. The lowest BCUT2D eigenvalue weighted by molar-refractivity contribution is 0.602. The van der Waals surface area contributed by atoms with Crippen LogP contribution in [0.25, 0.3) is 22.0 Å². The fraction of sp³-hybridized carbons (Fsp3) is 0.0714. The van der Waals surface area contributed by atoms with Crippen molar-refractivity contribution in [2.24, 2.45) is 0 Å². The number of hydrogen-bond acceptors (Lipinski definition) is 4. The minimum absolute atomic E-state index is 0.310. The molecule has 20 heavy (non-hydrogen) atoms. The van der Waals surface area contributed by atoms with Crippen LogP contribution >= 0.6 is 0 Å². The molecule has 0 amide bonds. The number of benzene rings is 2. The Bertz CT molecular complexity index is 880. The summed E-state index contributed by atoms with van der Waals surface area (Å²) in [6.45, 7) is 0. The van der Waals surface area contributed by atoms with Crippen LogP contribution in [-0.4, -0.2) is 24.9 Å². The van der Waals surface area contributed by atoms with Gasteiger partial charge in [0.1, 0.15) is 0 Å². The fourth-order valence-corrected chi connectivity index (χ4v) is 2.74. The molecular weight excluding hydrogens is 274 g/mol. The molecule has 0 unspecified atom stereocenters. The summed E-state index contributed by atoms with van der Waals surface area (Å²) in [4.78, 5) is 0.310. The predicted molar refractivity (Wildman–Crippen MR) is 79.1 cm³/mol. The molecule has 3 rings (SSSR count). The first-order valence-electron chi connectivity index (χ1n) is 5.99. The number of rotatable bonds is 2. The highest BCUT2D eigenvalue weighted by Gasteiger charge is 2.08. The van der Waals surface area contributed by atoms with Gasteiger partial charge >= 0.3 is 0 Å². The zero-order chi connectivity index (χ0) is 14.3. The number of aromatic amines is 1. The third-order valence-electron chi connectivity index (χ3n) is 3.21. The third-order valence-corrected chi connectivity index (χ3v) is 4.34. The lowest BCUT2D eigenvalue weighted by atomic mass is 10.0. The average molecular weight is 287 g/mol. The number of H-pyrrole nitrogens is 1. The van der Waals surface area contributed by atoms with Crippen molar-refractivity contribution in [2.45, 2.75) is 4.90 Å². The van der Waals surface area contributed by atoms with E-state index in [9.17, 15) is 8.42 Å². The normalized spacial score (nSPS) is 11.8. The smallest absolute Gasteiger partial charge is 0.175 e. The van der Waals surface area contributed by atoms with Gasteiger partial charge in [-0.15, -0.1) is 0 Å². The molecule has 0 saturated carbocycles. The molecule has 102 valence electrons. The second-order valence-electron chi connectivity index (χ2n) is 4.67. The Balaban J connectivity index is 2.08. The summed E-state index contributed by atoms with van der Waals surface area (Å²) in [5.41, 5.74) is 8.55. The number of nitrogens with two attached hydrogens (primary N) is 1. The van der Waals surface area contributed by atoms with Gasteiger partial charge in [-0.2, -0.15) is 5.10 Å². The molecule has 5 nitrogen and oxygen atoms in total. The van der Waals surface area contributed by atoms with Gasteiger partial charge in [0.25, 0.3) is 0 Å². The maximum absolute atomic E-state index is 11.4. The first kappa shape index (κ1) is 12.7. The molecule has 0 saturated heterocycles. The van der Waals surface area contributed by atoms with Gasteiger partial charge in [0, 0.05) is 11.6 Å². The summed E-state index contributed by atoms with van der Waals surface area (Å²) in [6, 6.07) is 12.6. The lowest BCUT2D eigenvalue weighted by Gasteiger charge is -2.04. The highest BCUT2D eigenvalue weighted by atomic mass is 32.2. The Morgan fingerprint density at radius 3 is 2.35 bits per heavy atom. The summed E-state index contributed by atoms with van der Waals surface area (Å²) < 4.78 is 22.9. The first-order chi connectivity index (χ1) is 9.45. The molecule has 3 N–H and O–H groups in total. The van der Waals surface area contributed by atoms with E-state index in [2.05, 4.69) is 10.2 Å². The number of aromatic nitrogens is 2. The van der Waals surface area contributed by atoms with E-state index in [0.29, 0.717) is 10.7 Å². The van der Waals surface area contributed by atoms with Gasteiger partial charge in [-0.3, -0.25) is 5.10 Å². The molecule has 1 heterocycles. The summed E-state index contributed by atoms with van der Waals surface area (Å²) in [5, 5.41) is 7.65. The van der Waals surface area contributed by atoms with Gasteiger partial charge in [0.05, 0.1) is 10.4 Å². The van der Waals surface area contributed by atoms with Crippen molar-refractivity contribution in [1.82, 2.24) is 10.2 Å². The second kappa shape index (κ2) is 4.35. The van der Waals surface area contributed by atoms with Crippen LogP contribution in [0.3, 0.4) is 0 Å². The van der Waals surface area contributed by atoms with E-state index in [1.165, 1.54) is 6.26 Å². The SMILES string of the molecule is CS(=O)(=O)c1ccc(-c2ccc3[nH]nc(N)c3c2)cc1. The second-order valence-corrected chi connectivity index (χ2v) is 6.68. The van der Waals surface area contributed by atoms with Crippen LogP contribution in [-0.2, 0) is 9.84 Å². The van der Waals surface area contributed by atoms with Gasteiger partial charge in [0.15, 0.2) is 15.7 Å². The highest BCUT2D eigenvalue weighted by molar-refractivity contribution is 7.90. The molecular formula is C14H13N3O2S. The van der Waals surface area contributed by atoms with Crippen LogP contribution in [0, 0.1) is 0 Å². The minimum Gasteiger partial charge on any atom is -0.382 e. The zero-order valence-electron chi connectivity index (χ0n) is 10.8. The monoisotopic (exact) mass is 287 g/mol. The zero-order valence-corrected chi connectivity index (χ0v) is 11.6. The summed E-state index contributed by atoms with van der Waals surface area (Å²) in [7, 11) is -3.17. The van der Waals surface area contributed by atoms with Gasteiger partial charge in [-0.05, 0) is 35.4 Å². The molecule has 0 aliphatic carbocycles. The molecule has 0 aliphatic rings. The molecule has 0 aliphatic heterocycles. The van der Waals surface area contributed by atoms with E-state index < -0.39 is 9.84 Å². The van der Waals surface area contributed by atoms with Crippen molar-refractivity contribution in [3.05, 3.63) is 42.5 Å². The number of nitrogen functional groups attached to an aromatic ring is 1. The van der Waals surface area contributed by atoms with Crippen LogP contribution in [0.4, 0.5) is 5.82 Å². The van der Waals surface area contributed by atoms with Crippen LogP contribution in [0.2, 0.25) is 0 Å². The maximum atomic E-state index is 11.4. The Labute approximate surface area is 116 Å². The van der Waals surface area contributed by atoms with Crippen molar-refractivity contribution >= 4 is 26.6 Å². The molecule has 0 fully saturated rings. The van der Waals surface area contributed by atoms with E-state index in [1.807, 2.05) is 18.2 Å².